The Labute approximate surface area is 77.0 Å². The van der Waals surface area contributed by atoms with Crippen molar-refractivity contribution < 1.29 is 0 Å². The lowest BCUT2D eigenvalue weighted by atomic mass is 10.1. The molecular weight excluding hydrogens is 162 g/mol. The van der Waals surface area contributed by atoms with Crippen LogP contribution in [-0.4, -0.2) is 14.8 Å². The highest BCUT2D eigenvalue weighted by atomic mass is 15.3. The van der Waals surface area contributed by atoms with Crippen LogP contribution < -0.4 is 0 Å². The number of aromatic nitrogens is 3. The van der Waals surface area contributed by atoms with E-state index in [0.717, 1.165) is 5.69 Å². The molecule has 13 heavy (non-hydrogen) atoms. The fraction of sp³-hybridized carbons (Fsp3) is 0.200. The van der Waals surface area contributed by atoms with E-state index in [1.807, 2.05) is 0 Å². The van der Waals surface area contributed by atoms with Gasteiger partial charge < -0.3 is 0 Å². The third kappa shape index (κ3) is 1.45. The van der Waals surface area contributed by atoms with Crippen LogP contribution in [0.4, 0.5) is 0 Å². The number of hydrogen-bond acceptors (Lipinski definition) is 2. The molecule has 0 aliphatic rings. The summed E-state index contributed by atoms with van der Waals surface area (Å²) in [6, 6.07) is 6.26. The van der Waals surface area contributed by atoms with Gasteiger partial charge in [0.1, 0.15) is 12.7 Å². The van der Waals surface area contributed by atoms with Crippen LogP contribution in [0.25, 0.3) is 5.69 Å². The van der Waals surface area contributed by atoms with Crippen LogP contribution in [0, 0.1) is 13.8 Å². The van der Waals surface area contributed by atoms with Crippen LogP contribution in [0.1, 0.15) is 11.1 Å². The number of nitrogens with zero attached hydrogens (tertiary/aromatic N) is 3. The topological polar surface area (TPSA) is 30.7 Å². The molecule has 0 radical (unpaired) electrons. The number of rotatable bonds is 1. The van der Waals surface area contributed by atoms with Gasteiger partial charge in [0.25, 0.3) is 0 Å². The average Bonchev–Trinajstić information content (AvgIpc) is 2.56. The van der Waals surface area contributed by atoms with Gasteiger partial charge in [-0.05, 0) is 25.5 Å². The number of aryl methyl sites for hydroxylation is 2. The molecular formula is C10H11N3. The largest absolute Gasteiger partial charge is 0.223 e. The summed E-state index contributed by atoms with van der Waals surface area (Å²) in [5.74, 6) is 0. The molecule has 3 heteroatoms. The predicted octanol–water partition coefficient (Wildman–Crippen LogP) is 1.88. The Hall–Kier alpha value is -1.64. The zero-order chi connectivity index (χ0) is 9.26. The molecule has 0 bridgehead atoms. The van der Waals surface area contributed by atoms with E-state index in [-0.39, 0.29) is 0 Å². The van der Waals surface area contributed by atoms with E-state index < -0.39 is 0 Å². The minimum absolute atomic E-state index is 1.09. The first kappa shape index (κ1) is 7.98. The second kappa shape index (κ2) is 3.01. The molecule has 0 aliphatic heterocycles. The fourth-order valence-corrected chi connectivity index (χ4v) is 1.40. The van der Waals surface area contributed by atoms with Crippen molar-refractivity contribution in [3.63, 3.8) is 0 Å². The van der Waals surface area contributed by atoms with Gasteiger partial charge in [0, 0.05) is 0 Å². The Morgan fingerprint density at radius 2 is 2.08 bits per heavy atom. The molecule has 66 valence electrons. The minimum Gasteiger partial charge on any atom is -0.223 e. The van der Waals surface area contributed by atoms with Gasteiger partial charge in [0.05, 0.1) is 5.69 Å². The number of benzene rings is 1. The maximum absolute atomic E-state index is 4.08. The van der Waals surface area contributed by atoms with E-state index in [9.17, 15) is 0 Å². The highest BCUT2D eigenvalue weighted by molar-refractivity contribution is 5.41. The Kier molecular flexibility index (Phi) is 1.85. The Balaban J connectivity index is 2.53. The lowest BCUT2D eigenvalue weighted by Crippen LogP contribution is -1.97. The monoisotopic (exact) mass is 173 g/mol. The van der Waals surface area contributed by atoms with Crippen molar-refractivity contribution in [2.24, 2.45) is 0 Å². The van der Waals surface area contributed by atoms with Crippen molar-refractivity contribution in [2.75, 3.05) is 0 Å². The van der Waals surface area contributed by atoms with Gasteiger partial charge in [-0.25, -0.2) is 9.67 Å². The summed E-state index contributed by atoms with van der Waals surface area (Å²) in [7, 11) is 0. The van der Waals surface area contributed by atoms with Crippen molar-refractivity contribution in [3.8, 4) is 5.69 Å². The van der Waals surface area contributed by atoms with Gasteiger partial charge in [0.15, 0.2) is 0 Å². The summed E-state index contributed by atoms with van der Waals surface area (Å²) >= 11 is 0. The lowest BCUT2D eigenvalue weighted by molar-refractivity contribution is 0.870. The quantitative estimate of drug-likeness (QED) is 0.659. The SMILES string of the molecule is Cc1ccc(-n2cncn2)c(C)c1. The number of hydrogen-bond donors (Lipinski definition) is 0. The average molecular weight is 173 g/mol. The maximum Gasteiger partial charge on any atom is 0.138 e. The second-order valence-electron chi connectivity index (χ2n) is 3.13. The van der Waals surface area contributed by atoms with E-state index in [1.165, 1.54) is 11.1 Å². The van der Waals surface area contributed by atoms with Crippen LogP contribution in [0.2, 0.25) is 0 Å². The van der Waals surface area contributed by atoms with Gasteiger partial charge in [-0.15, -0.1) is 0 Å². The maximum atomic E-state index is 4.08. The molecule has 3 nitrogen and oxygen atoms in total. The third-order valence-corrected chi connectivity index (χ3v) is 2.02. The van der Waals surface area contributed by atoms with Crippen LogP contribution in [0.15, 0.2) is 30.9 Å². The molecule has 1 aromatic carbocycles. The standard InChI is InChI=1S/C10H11N3/c1-8-3-4-10(9(2)5-8)13-7-11-6-12-13/h3-7H,1-2H3. The zero-order valence-corrected chi connectivity index (χ0v) is 7.73. The summed E-state index contributed by atoms with van der Waals surface area (Å²) in [6.07, 6.45) is 3.25. The van der Waals surface area contributed by atoms with Crippen molar-refractivity contribution in [2.45, 2.75) is 13.8 Å². The van der Waals surface area contributed by atoms with E-state index in [2.05, 4.69) is 42.1 Å². The molecule has 0 unspecified atom stereocenters. The molecule has 2 aromatic rings. The Morgan fingerprint density at radius 1 is 1.23 bits per heavy atom. The highest BCUT2D eigenvalue weighted by Crippen LogP contribution is 2.13. The molecule has 0 spiro atoms. The summed E-state index contributed by atoms with van der Waals surface area (Å²) in [5.41, 5.74) is 3.56. The molecule has 0 saturated carbocycles. The van der Waals surface area contributed by atoms with Gasteiger partial charge >= 0.3 is 0 Å². The summed E-state index contributed by atoms with van der Waals surface area (Å²) in [6.45, 7) is 4.15. The molecule has 2 rings (SSSR count). The minimum atomic E-state index is 1.09. The van der Waals surface area contributed by atoms with E-state index in [1.54, 1.807) is 17.3 Å². The van der Waals surface area contributed by atoms with Crippen LogP contribution in [0.3, 0.4) is 0 Å². The first-order valence-electron chi connectivity index (χ1n) is 4.19. The molecule has 0 amide bonds. The molecule has 0 atom stereocenters. The van der Waals surface area contributed by atoms with E-state index in [0.29, 0.717) is 0 Å². The second-order valence-corrected chi connectivity index (χ2v) is 3.13. The third-order valence-electron chi connectivity index (χ3n) is 2.02. The predicted molar refractivity (Wildman–Crippen MR) is 50.8 cm³/mol. The van der Waals surface area contributed by atoms with Gasteiger partial charge in [-0.3, -0.25) is 0 Å². The van der Waals surface area contributed by atoms with Gasteiger partial charge in [0.2, 0.25) is 0 Å². The highest BCUT2D eigenvalue weighted by Gasteiger charge is 2.00. The normalized spacial score (nSPS) is 10.3. The first-order chi connectivity index (χ1) is 6.27. The molecule has 0 aliphatic carbocycles. The molecule has 0 fully saturated rings. The molecule has 0 saturated heterocycles. The summed E-state index contributed by atoms with van der Waals surface area (Å²) < 4.78 is 1.77. The molecule has 0 N–H and O–H groups in total. The van der Waals surface area contributed by atoms with Crippen molar-refractivity contribution in [1.82, 2.24) is 14.8 Å². The van der Waals surface area contributed by atoms with Crippen LogP contribution in [-0.2, 0) is 0 Å². The van der Waals surface area contributed by atoms with Gasteiger partial charge in [-0.1, -0.05) is 17.7 Å². The first-order valence-corrected chi connectivity index (χ1v) is 4.19. The van der Waals surface area contributed by atoms with Crippen molar-refractivity contribution in [1.29, 1.82) is 0 Å². The summed E-state index contributed by atoms with van der Waals surface area (Å²) in [4.78, 5) is 3.91. The Bertz CT molecular complexity index is 404. The zero-order valence-electron chi connectivity index (χ0n) is 7.73. The smallest absolute Gasteiger partial charge is 0.138 e. The van der Waals surface area contributed by atoms with Crippen molar-refractivity contribution in [3.05, 3.63) is 42.0 Å². The van der Waals surface area contributed by atoms with Crippen molar-refractivity contribution >= 4 is 0 Å². The summed E-state index contributed by atoms with van der Waals surface area (Å²) in [5, 5.41) is 4.08. The van der Waals surface area contributed by atoms with E-state index >= 15 is 0 Å². The van der Waals surface area contributed by atoms with Crippen LogP contribution >= 0.6 is 0 Å². The fourth-order valence-electron chi connectivity index (χ4n) is 1.40. The van der Waals surface area contributed by atoms with Crippen LogP contribution in [0.5, 0.6) is 0 Å². The van der Waals surface area contributed by atoms with Gasteiger partial charge in [-0.2, -0.15) is 5.10 Å². The van der Waals surface area contributed by atoms with E-state index in [4.69, 9.17) is 0 Å². The molecule has 1 heterocycles. The molecule has 1 aromatic heterocycles. The lowest BCUT2D eigenvalue weighted by Gasteiger charge is -2.05. The Morgan fingerprint density at radius 3 is 2.69 bits per heavy atom.